The molecule has 5 nitrogen and oxygen atoms in total. The first-order valence-electron chi connectivity index (χ1n) is 8.55. The molecule has 0 bridgehead atoms. The summed E-state index contributed by atoms with van der Waals surface area (Å²) in [5.74, 6) is -0.270. The minimum Gasteiger partial charge on any atom is -0.297 e. The van der Waals surface area contributed by atoms with Crippen molar-refractivity contribution in [1.82, 2.24) is 0 Å². The van der Waals surface area contributed by atoms with Crippen molar-refractivity contribution in [2.45, 2.75) is 26.3 Å². The Hall–Kier alpha value is -2.42. The minimum atomic E-state index is -0.627. The summed E-state index contributed by atoms with van der Waals surface area (Å²) in [5.41, 5.74) is 3.38. The predicted octanol–water partition coefficient (Wildman–Crippen LogP) is 6.32. The highest BCUT2D eigenvalue weighted by Gasteiger charge is 2.43. The molecule has 4 rings (SSSR count). The van der Waals surface area contributed by atoms with Crippen LogP contribution in [0.15, 0.2) is 42.5 Å². The van der Waals surface area contributed by atoms with Crippen molar-refractivity contribution in [3.8, 4) is 11.1 Å². The number of nitro benzene ring substituents is 1. The molecule has 3 aromatic rings. The van der Waals surface area contributed by atoms with E-state index in [4.69, 9.17) is 12.2 Å². The van der Waals surface area contributed by atoms with Crippen molar-refractivity contribution in [2.75, 3.05) is 4.90 Å². The van der Waals surface area contributed by atoms with Gasteiger partial charge < -0.3 is 0 Å². The number of fused-ring (bicyclic) bond motifs is 3. The molecule has 0 N–H and O–H groups in total. The normalized spacial score (nSPS) is 14.3. The standard InChI is InChI=1S/C20H16N2O3S3/c1-11-7-8-15-14(9-11)16-17(27-28-19(16)26)20(2,3)21(15)18(23)12-5-4-6-13(10-12)22(24)25/h4-10H,1-3H3. The van der Waals surface area contributed by atoms with Crippen LogP contribution < -0.4 is 4.90 Å². The number of carbonyl (C=O) groups excluding carboxylic acids is 1. The van der Waals surface area contributed by atoms with Crippen LogP contribution in [0.5, 0.6) is 0 Å². The highest BCUT2D eigenvalue weighted by molar-refractivity contribution is 7.80. The first-order valence-corrected chi connectivity index (χ1v) is 11.1. The molecule has 0 aliphatic carbocycles. The Morgan fingerprint density at radius 2 is 1.93 bits per heavy atom. The van der Waals surface area contributed by atoms with Crippen LogP contribution in [0.4, 0.5) is 11.4 Å². The fraction of sp³-hybridized carbons (Fsp3) is 0.200. The number of nitro groups is 1. The van der Waals surface area contributed by atoms with Gasteiger partial charge in [-0.25, -0.2) is 0 Å². The van der Waals surface area contributed by atoms with Gasteiger partial charge in [-0.3, -0.25) is 19.8 Å². The molecule has 2 aromatic carbocycles. The van der Waals surface area contributed by atoms with E-state index < -0.39 is 10.5 Å². The van der Waals surface area contributed by atoms with Gasteiger partial charge in [-0.1, -0.05) is 50.6 Å². The molecular formula is C20H16N2O3S3. The van der Waals surface area contributed by atoms with Gasteiger partial charge in [0, 0.05) is 28.8 Å². The molecule has 28 heavy (non-hydrogen) atoms. The first-order chi connectivity index (χ1) is 13.2. The third-order valence-corrected chi connectivity index (χ3v) is 8.25. The van der Waals surface area contributed by atoms with Gasteiger partial charge in [-0.15, -0.1) is 0 Å². The fourth-order valence-electron chi connectivity index (χ4n) is 3.59. The summed E-state index contributed by atoms with van der Waals surface area (Å²) in [6, 6.07) is 11.8. The van der Waals surface area contributed by atoms with E-state index in [0.717, 1.165) is 31.1 Å². The number of nitrogens with zero attached hydrogens (tertiary/aromatic N) is 2. The minimum absolute atomic E-state index is 0.100. The van der Waals surface area contributed by atoms with Crippen LogP contribution in [0.2, 0.25) is 0 Å². The van der Waals surface area contributed by atoms with E-state index in [1.54, 1.807) is 27.4 Å². The molecule has 0 saturated heterocycles. The third-order valence-electron chi connectivity index (χ3n) is 4.92. The maximum absolute atomic E-state index is 13.5. The Kier molecular flexibility index (Phi) is 4.45. The van der Waals surface area contributed by atoms with Crippen LogP contribution in [-0.4, -0.2) is 10.8 Å². The second-order valence-corrected chi connectivity index (χ2v) is 10.0. The summed E-state index contributed by atoms with van der Waals surface area (Å²) in [6.45, 7) is 5.98. The van der Waals surface area contributed by atoms with E-state index in [0.29, 0.717) is 0 Å². The zero-order valence-corrected chi connectivity index (χ0v) is 17.8. The number of hydrogen-bond acceptors (Lipinski definition) is 6. The summed E-state index contributed by atoms with van der Waals surface area (Å²) < 4.78 is 0.822. The van der Waals surface area contributed by atoms with Crippen molar-refractivity contribution in [3.05, 3.63) is 72.4 Å². The summed E-state index contributed by atoms with van der Waals surface area (Å²) in [7, 11) is 3.13. The van der Waals surface area contributed by atoms with Crippen molar-refractivity contribution in [1.29, 1.82) is 0 Å². The number of rotatable bonds is 2. The van der Waals surface area contributed by atoms with Gasteiger partial charge in [-0.05, 0) is 39.0 Å². The zero-order chi connectivity index (χ0) is 20.2. The van der Waals surface area contributed by atoms with E-state index in [1.165, 1.54) is 22.5 Å². The van der Waals surface area contributed by atoms with Crippen LogP contribution in [0.3, 0.4) is 0 Å². The lowest BCUT2D eigenvalue weighted by Crippen LogP contribution is -2.47. The largest absolute Gasteiger partial charge is 0.297 e. The lowest BCUT2D eigenvalue weighted by Gasteiger charge is -2.43. The summed E-state index contributed by atoms with van der Waals surface area (Å²) >= 11 is 5.59. The third kappa shape index (κ3) is 2.80. The molecule has 0 spiro atoms. The van der Waals surface area contributed by atoms with Crippen molar-refractivity contribution in [2.24, 2.45) is 0 Å². The van der Waals surface area contributed by atoms with E-state index in [1.807, 2.05) is 39.0 Å². The fourth-order valence-corrected chi connectivity index (χ4v) is 6.87. The van der Waals surface area contributed by atoms with Crippen LogP contribution in [0.25, 0.3) is 11.1 Å². The molecule has 1 aliphatic heterocycles. The first kappa shape index (κ1) is 18.9. The number of hydrogen-bond donors (Lipinski definition) is 0. The average Bonchev–Trinajstić information content (AvgIpc) is 3.05. The van der Waals surface area contributed by atoms with Gasteiger partial charge in [0.2, 0.25) is 0 Å². The summed E-state index contributed by atoms with van der Waals surface area (Å²) in [4.78, 5) is 27.0. The van der Waals surface area contributed by atoms with Gasteiger partial charge in [0.05, 0.1) is 21.0 Å². The van der Waals surface area contributed by atoms with Gasteiger partial charge in [-0.2, -0.15) is 0 Å². The van der Waals surface area contributed by atoms with Crippen LogP contribution in [-0.2, 0) is 5.54 Å². The molecule has 2 heterocycles. The van der Waals surface area contributed by atoms with Crippen molar-refractivity contribution < 1.29 is 9.72 Å². The number of anilines is 1. The van der Waals surface area contributed by atoms with E-state index in [9.17, 15) is 14.9 Å². The van der Waals surface area contributed by atoms with Crippen LogP contribution in [0, 0.1) is 20.9 Å². The molecule has 1 aromatic heterocycles. The number of aryl methyl sites for hydroxylation is 1. The second-order valence-electron chi connectivity index (χ2n) is 7.19. The molecule has 0 radical (unpaired) electrons. The Bertz CT molecular complexity index is 1190. The molecule has 1 amide bonds. The van der Waals surface area contributed by atoms with E-state index in [2.05, 4.69) is 0 Å². The molecule has 0 atom stereocenters. The molecule has 0 unspecified atom stereocenters. The van der Waals surface area contributed by atoms with E-state index >= 15 is 0 Å². The zero-order valence-electron chi connectivity index (χ0n) is 15.4. The number of non-ortho nitro benzene ring substituents is 1. The highest BCUT2D eigenvalue weighted by atomic mass is 32.9. The predicted molar refractivity (Wildman–Crippen MR) is 116 cm³/mol. The Morgan fingerprint density at radius 3 is 2.64 bits per heavy atom. The second kappa shape index (κ2) is 6.58. The molecule has 1 aliphatic rings. The van der Waals surface area contributed by atoms with Gasteiger partial charge in [0.1, 0.15) is 3.82 Å². The molecule has 142 valence electrons. The summed E-state index contributed by atoms with van der Waals surface area (Å²) in [6.07, 6.45) is 0. The molecular weight excluding hydrogens is 412 g/mol. The lowest BCUT2D eigenvalue weighted by atomic mass is 9.86. The van der Waals surface area contributed by atoms with Crippen molar-refractivity contribution >= 4 is 50.2 Å². The molecule has 8 heteroatoms. The monoisotopic (exact) mass is 428 g/mol. The maximum Gasteiger partial charge on any atom is 0.270 e. The number of carbonyl (C=O) groups is 1. The van der Waals surface area contributed by atoms with Gasteiger partial charge in [0.15, 0.2) is 0 Å². The quantitative estimate of drug-likeness (QED) is 0.207. The summed E-state index contributed by atoms with van der Waals surface area (Å²) in [5, 5.41) is 11.2. The lowest BCUT2D eigenvalue weighted by molar-refractivity contribution is -0.384. The maximum atomic E-state index is 13.5. The Labute approximate surface area is 174 Å². The van der Waals surface area contributed by atoms with Crippen LogP contribution in [0.1, 0.15) is 34.6 Å². The molecule has 0 fully saturated rings. The number of amides is 1. The van der Waals surface area contributed by atoms with Crippen LogP contribution >= 0.6 is 32.9 Å². The Balaban J connectivity index is 1.95. The van der Waals surface area contributed by atoms with E-state index in [-0.39, 0.29) is 17.2 Å². The van der Waals surface area contributed by atoms with Gasteiger partial charge >= 0.3 is 0 Å². The highest BCUT2D eigenvalue weighted by Crippen LogP contribution is 2.52. The van der Waals surface area contributed by atoms with Gasteiger partial charge in [0.25, 0.3) is 11.6 Å². The smallest absolute Gasteiger partial charge is 0.270 e. The topological polar surface area (TPSA) is 63.5 Å². The SMILES string of the molecule is Cc1ccc2c(c1)-c1c(ssc1=S)C(C)(C)N2C(=O)c1cccc([N+](=O)[O-])c1. The average molecular weight is 429 g/mol. The van der Waals surface area contributed by atoms with Crippen molar-refractivity contribution in [3.63, 3.8) is 0 Å². The number of benzene rings is 2. The molecule has 0 saturated carbocycles. The Morgan fingerprint density at radius 1 is 1.18 bits per heavy atom.